The van der Waals surface area contributed by atoms with Crippen molar-refractivity contribution in [2.45, 2.75) is 36.6 Å². The SMILES string of the molecule is CON(C)S(=O)(=O)c1cccc(C(=O)N2CCCCCC2c2ccncc2)c1. The second-order valence-electron chi connectivity index (χ2n) is 6.77. The minimum atomic E-state index is -3.82. The molecular formula is C20H25N3O4S. The van der Waals surface area contributed by atoms with Gasteiger partial charge in [-0.2, -0.15) is 0 Å². The van der Waals surface area contributed by atoms with Gasteiger partial charge in [-0.1, -0.05) is 23.4 Å². The van der Waals surface area contributed by atoms with Crippen LogP contribution in [0.1, 0.15) is 47.6 Å². The van der Waals surface area contributed by atoms with E-state index in [9.17, 15) is 13.2 Å². The number of benzene rings is 1. The highest BCUT2D eigenvalue weighted by Crippen LogP contribution is 2.31. The van der Waals surface area contributed by atoms with E-state index in [4.69, 9.17) is 4.84 Å². The number of likely N-dealkylation sites (tertiary alicyclic amines) is 1. The molecule has 1 atom stereocenters. The lowest BCUT2D eigenvalue weighted by Gasteiger charge is -2.30. The number of carbonyl (C=O) groups is 1. The molecule has 1 unspecified atom stereocenters. The Balaban J connectivity index is 1.94. The Hall–Kier alpha value is -2.29. The molecule has 7 nitrogen and oxygen atoms in total. The predicted octanol–water partition coefficient (Wildman–Crippen LogP) is 3.02. The van der Waals surface area contributed by atoms with Gasteiger partial charge >= 0.3 is 0 Å². The Labute approximate surface area is 165 Å². The van der Waals surface area contributed by atoms with Crippen molar-refractivity contribution >= 4 is 15.9 Å². The predicted molar refractivity (Wildman–Crippen MR) is 105 cm³/mol. The molecule has 0 bridgehead atoms. The molecule has 1 aromatic carbocycles. The Kier molecular flexibility index (Phi) is 6.43. The van der Waals surface area contributed by atoms with E-state index in [1.165, 1.54) is 26.3 Å². The highest BCUT2D eigenvalue weighted by atomic mass is 32.2. The van der Waals surface area contributed by atoms with Gasteiger partial charge in [0.25, 0.3) is 15.9 Å². The maximum absolute atomic E-state index is 13.3. The number of aromatic nitrogens is 1. The number of rotatable bonds is 5. The highest BCUT2D eigenvalue weighted by molar-refractivity contribution is 7.89. The second-order valence-corrected chi connectivity index (χ2v) is 8.71. The van der Waals surface area contributed by atoms with Crippen molar-refractivity contribution in [3.8, 4) is 0 Å². The van der Waals surface area contributed by atoms with Crippen molar-refractivity contribution in [2.24, 2.45) is 0 Å². The van der Waals surface area contributed by atoms with Crippen LogP contribution in [-0.2, 0) is 14.9 Å². The van der Waals surface area contributed by atoms with Gasteiger partial charge in [-0.15, -0.1) is 0 Å². The zero-order valence-electron chi connectivity index (χ0n) is 16.1. The molecule has 1 fully saturated rings. The normalized spacial score (nSPS) is 18.1. The summed E-state index contributed by atoms with van der Waals surface area (Å²) < 4.78 is 25.8. The standard InChI is InChI=1S/C20H25N3O4S/c1-22(27-2)28(25,26)18-8-6-7-17(15-18)20(24)23-14-5-3-4-9-19(23)16-10-12-21-13-11-16/h6-8,10-13,15,19H,3-5,9,14H2,1-2H3. The van der Waals surface area contributed by atoms with E-state index in [-0.39, 0.29) is 16.8 Å². The zero-order valence-corrected chi connectivity index (χ0v) is 16.9. The van der Waals surface area contributed by atoms with Gasteiger partial charge in [-0.25, -0.2) is 8.42 Å². The Bertz CT molecular complexity index is 918. The van der Waals surface area contributed by atoms with E-state index in [0.717, 1.165) is 35.7 Å². The molecule has 1 saturated heterocycles. The number of amides is 1. The number of pyridine rings is 1. The fourth-order valence-corrected chi connectivity index (χ4v) is 4.51. The molecule has 0 saturated carbocycles. The third kappa shape index (κ3) is 4.24. The van der Waals surface area contributed by atoms with Gasteiger partial charge in [0.15, 0.2) is 0 Å². The molecule has 0 spiro atoms. The van der Waals surface area contributed by atoms with Crippen LogP contribution in [0.2, 0.25) is 0 Å². The van der Waals surface area contributed by atoms with Crippen molar-refractivity contribution < 1.29 is 18.0 Å². The van der Waals surface area contributed by atoms with Crippen LogP contribution in [0.4, 0.5) is 0 Å². The number of hydrogen-bond donors (Lipinski definition) is 0. The first-order valence-corrected chi connectivity index (χ1v) is 10.7. The Morgan fingerprint density at radius 2 is 1.93 bits per heavy atom. The molecule has 1 amide bonds. The van der Waals surface area contributed by atoms with Crippen molar-refractivity contribution in [3.63, 3.8) is 0 Å². The first-order valence-electron chi connectivity index (χ1n) is 9.29. The van der Waals surface area contributed by atoms with Crippen LogP contribution < -0.4 is 0 Å². The third-order valence-electron chi connectivity index (χ3n) is 5.08. The molecule has 0 aliphatic carbocycles. The Morgan fingerprint density at radius 1 is 1.18 bits per heavy atom. The highest BCUT2D eigenvalue weighted by Gasteiger charge is 2.29. The van der Waals surface area contributed by atoms with Gasteiger partial charge in [-0.05, 0) is 48.7 Å². The Morgan fingerprint density at radius 3 is 2.64 bits per heavy atom. The van der Waals surface area contributed by atoms with Gasteiger partial charge in [-0.3, -0.25) is 14.6 Å². The van der Waals surface area contributed by atoms with E-state index >= 15 is 0 Å². The summed E-state index contributed by atoms with van der Waals surface area (Å²) in [5, 5.41) is 0. The average molecular weight is 404 g/mol. The van der Waals surface area contributed by atoms with Crippen LogP contribution in [0.25, 0.3) is 0 Å². The smallest absolute Gasteiger partial charge is 0.264 e. The van der Waals surface area contributed by atoms with Crippen LogP contribution in [0, 0.1) is 0 Å². The molecule has 3 rings (SSSR count). The van der Waals surface area contributed by atoms with Gasteiger partial charge in [0.1, 0.15) is 0 Å². The summed E-state index contributed by atoms with van der Waals surface area (Å²) in [5.74, 6) is -0.166. The van der Waals surface area contributed by atoms with Gasteiger partial charge in [0.05, 0.1) is 18.0 Å². The number of carbonyl (C=O) groups excluding carboxylic acids is 1. The number of hydroxylamine groups is 1. The van der Waals surface area contributed by atoms with Crippen molar-refractivity contribution in [3.05, 3.63) is 59.9 Å². The number of hydrogen-bond acceptors (Lipinski definition) is 5. The van der Waals surface area contributed by atoms with Crippen LogP contribution in [0.3, 0.4) is 0 Å². The summed E-state index contributed by atoms with van der Waals surface area (Å²) in [7, 11) is -1.22. The molecule has 8 heteroatoms. The molecule has 150 valence electrons. The van der Waals surface area contributed by atoms with E-state index in [1.54, 1.807) is 24.5 Å². The van der Waals surface area contributed by atoms with Gasteiger partial charge in [0.2, 0.25) is 0 Å². The first-order chi connectivity index (χ1) is 13.4. The lowest BCUT2D eigenvalue weighted by atomic mass is 10.0. The van der Waals surface area contributed by atoms with Crippen molar-refractivity contribution in [1.82, 2.24) is 14.4 Å². The lowest BCUT2D eigenvalue weighted by Crippen LogP contribution is -2.35. The third-order valence-corrected chi connectivity index (χ3v) is 6.75. The van der Waals surface area contributed by atoms with Crippen molar-refractivity contribution in [2.75, 3.05) is 20.7 Å². The quantitative estimate of drug-likeness (QED) is 0.717. The molecule has 1 aromatic heterocycles. The van der Waals surface area contributed by atoms with Gasteiger partial charge < -0.3 is 4.90 Å². The zero-order chi connectivity index (χ0) is 20.1. The van der Waals surface area contributed by atoms with E-state index in [1.807, 2.05) is 17.0 Å². The van der Waals surface area contributed by atoms with Crippen LogP contribution in [0.15, 0.2) is 53.7 Å². The maximum Gasteiger partial charge on any atom is 0.264 e. The summed E-state index contributed by atoms with van der Waals surface area (Å²) >= 11 is 0. The monoisotopic (exact) mass is 403 g/mol. The average Bonchev–Trinajstić information content (AvgIpc) is 2.99. The number of sulfonamides is 1. The molecule has 2 heterocycles. The lowest BCUT2D eigenvalue weighted by molar-refractivity contribution is -0.0258. The van der Waals surface area contributed by atoms with Crippen LogP contribution in [0.5, 0.6) is 0 Å². The summed E-state index contributed by atoms with van der Waals surface area (Å²) in [6, 6.07) is 9.95. The summed E-state index contributed by atoms with van der Waals surface area (Å²) in [5.41, 5.74) is 1.40. The minimum Gasteiger partial charge on any atom is -0.332 e. The molecule has 28 heavy (non-hydrogen) atoms. The number of nitrogens with zero attached hydrogens (tertiary/aromatic N) is 3. The van der Waals surface area contributed by atoms with Crippen molar-refractivity contribution in [1.29, 1.82) is 0 Å². The van der Waals surface area contributed by atoms with E-state index < -0.39 is 10.0 Å². The second kappa shape index (κ2) is 8.81. The largest absolute Gasteiger partial charge is 0.332 e. The van der Waals surface area contributed by atoms with Gasteiger partial charge in [0, 0.05) is 31.5 Å². The molecule has 2 aromatic rings. The van der Waals surface area contributed by atoms with Crippen LogP contribution >= 0.6 is 0 Å². The topological polar surface area (TPSA) is 79.8 Å². The molecule has 0 radical (unpaired) electrons. The maximum atomic E-state index is 13.3. The summed E-state index contributed by atoms with van der Waals surface area (Å²) in [6.07, 6.45) is 7.38. The summed E-state index contributed by atoms with van der Waals surface area (Å²) in [6.45, 7) is 0.640. The van der Waals surface area contributed by atoms with Crippen LogP contribution in [-0.4, -0.2) is 49.4 Å². The molecule has 0 N–H and O–H groups in total. The fourth-order valence-electron chi connectivity index (χ4n) is 3.49. The summed E-state index contributed by atoms with van der Waals surface area (Å²) in [4.78, 5) is 24.1. The van der Waals surface area contributed by atoms with E-state index in [2.05, 4.69) is 4.98 Å². The fraction of sp³-hybridized carbons (Fsp3) is 0.400. The molecular weight excluding hydrogens is 378 g/mol. The molecule has 1 aliphatic heterocycles. The molecule has 1 aliphatic rings. The van der Waals surface area contributed by atoms with E-state index in [0.29, 0.717) is 12.1 Å². The minimum absolute atomic E-state index is 0.0259. The first kappa shape index (κ1) is 20.4.